The highest BCUT2D eigenvalue weighted by molar-refractivity contribution is 8.76. The summed E-state index contributed by atoms with van der Waals surface area (Å²) in [6, 6.07) is 14.0. The first-order chi connectivity index (χ1) is 15.6. The lowest BCUT2D eigenvalue weighted by Crippen LogP contribution is -2.02. The van der Waals surface area contributed by atoms with E-state index in [4.69, 9.17) is 9.47 Å². The van der Waals surface area contributed by atoms with Gasteiger partial charge < -0.3 is 18.9 Å². The third-order valence-electron chi connectivity index (χ3n) is 4.42. The Kier molecular flexibility index (Phi) is 12.5. The Morgan fingerprint density at radius 1 is 0.625 bits per heavy atom. The van der Waals surface area contributed by atoms with Crippen LogP contribution in [0.1, 0.15) is 46.4 Å². The predicted molar refractivity (Wildman–Crippen MR) is 130 cm³/mol. The van der Waals surface area contributed by atoms with Crippen LogP contribution in [-0.2, 0) is 9.47 Å². The summed E-state index contributed by atoms with van der Waals surface area (Å²) in [4.78, 5) is 22.8. The van der Waals surface area contributed by atoms with E-state index in [1.54, 1.807) is 48.5 Å². The van der Waals surface area contributed by atoms with Crippen LogP contribution in [0, 0.1) is 0 Å². The van der Waals surface area contributed by atoms with Crippen LogP contribution in [0.2, 0.25) is 0 Å². The fourth-order valence-electron chi connectivity index (χ4n) is 2.63. The lowest BCUT2D eigenvalue weighted by Gasteiger charge is -2.07. The SMILES string of the molecule is COC(=O)c1ccc(OCCCCSSCCCCOc2ccc(C(=O)OC)cc2)cc1. The molecule has 0 aliphatic carbocycles. The van der Waals surface area contributed by atoms with Crippen LogP contribution in [0.25, 0.3) is 0 Å². The molecule has 0 aliphatic heterocycles. The fraction of sp³-hybridized carbons (Fsp3) is 0.417. The number of ether oxygens (including phenoxy) is 4. The highest BCUT2D eigenvalue weighted by Crippen LogP contribution is 2.24. The Hall–Kier alpha value is -2.32. The third kappa shape index (κ3) is 9.87. The molecule has 32 heavy (non-hydrogen) atoms. The molecule has 0 radical (unpaired) electrons. The van der Waals surface area contributed by atoms with Gasteiger partial charge in [0, 0.05) is 11.5 Å². The molecule has 0 fully saturated rings. The number of rotatable bonds is 15. The second kappa shape index (κ2) is 15.5. The van der Waals surface area contributed by atoms with Crippen molar-refractivity contribution in [1.29, 1.82) is 0 Å². The van der Waals surface area contributed by atoms with Crippen molar-refractivity contribution >= 4 is 33.5 Å². The minimum absolute atomic E-state index is 0.342. The van der Waals surface area contributed by atoms with Gasteiger partial charge >= 0.3 is 11.9 Å². The first-order valence-corrected chi connectivity index (χ1v) is 13.0. The molecule has 2 aromatic rings. The predicted octanol–water partition coefficient (Wildman–Crippen LogP) is 5.66. The number of hydrogen-bond donors (Lipinski definition) is 0. The number of benzene rings is 2. The monoisotopic (exact) mass is 478 g/mol. The molecule has 0 saturated carbocycles. The zero-order chi connectivity index (χ0) is 23.0. The van der Waals surface area contributed by atoms with Gasteiger partial charge in [0.2, 0.25) is 0 Å². The first-order valence-electron chi connectivity index (χ1n) is 10.5. The number of unbranched alkanes of at least 4 members (excludes halogenated alkanes) is 2. The Morgan fingerprint density at radius 2 is 1.00 bits per heavy atom. The molecule has 0 unspecified atom stereocenters. The molecule has 6 nitrogen and oxygen atoms in total. The molecular formula is C24H30O6S2. The maximum absolute atomic E-state index is 11.4. The second-order valence-corrected chi connectivity index (χ2v) is 9.49. The van der Waals surface area contributed by atoms with Gasteiger partial charge in [0.1, 0.15) is 11.5 Å². The summed E-state index contributed by atoms with van der Waals surface area (Å²) in [5.41, 5.74) is 1.04. The smallest absolute Gasteiger partial charge is 0.337 e. The van der Waals surface area contributed by atoms with Crippen molar-refractivity contribution in [1.82, 2.24) is 0 Å². The van der Waals surface area contributed by atoms with Gasteiger partial charge in [0.05, 0.1) is 38.6 Å². The second-order valence-electron chi connectivity index (χ2n) is 6.79. The molecule has 0 saturated heterocycles. The molecule has 2 aromatic carbocycles. The van der Waals surface area contributed by atoms with Gasteiger partial charge in [-0.05, 0) is 74.2 Å². The van der Waals surface area contributed by atoms with E-state index < -0.39 is 0 Å². The van der Waals surface area contributed by atoms with E-state index in [1.165, 1.54) is 14.2 Å². The molecule has 0 bridgehead atoms. The van der Waals surface area contributed by atoms with Crippen molar-refractivity contribution in [2.24, 2.45) is 0 Å². The topological polar surface area (TPSA) is 71.1 Å². The third-order valence-corrected chi connectivity index (χ3v) is 6.99. The molecule has 2 rings (SSSR count). The Balaban J connectivity index is 1.41. The van der Waals surface area contributed by atoms with Gasteiger partial charge in [-0.3, -0.25) is 0 Å². The van der Waals surface area contributed by atoms with Crippen LogP contribution in [0.3, 0.4) is 0 Å². The summed E-state index contributed by atoms with van der Waals surface area (Å²) in [7, 11) is 6.52. The molecule has 0 heterocycles. The van der Waals surface area contributed by atoms with Crippen molar-refractivity contribution in [3.63, 3.8) is 0 Å². The molecular weight excluding hydrogens is 448 g/mol. The minimum Gasteiger partial charge on any atom is -0.494 e. The molecule has 8 heteroatoms. The van der Waals surface area contributed by atoms with Crippen LogP contribution < -0.4 is 9.47 Å². The molecule has 0 amide bonds. The maximum Gasteiger partial charge on any atom is 0.337 e. The van der Waals surface area contributed by atoms with Crippen LogP contribution in [-0.4, -0.2) is 50.9 Å². The van der Waals surface area contributed by atoms with E-state index in [1.807, 2.05) is 21.6 Å². The van der Waals surface area contributed by atoms with Crippen LogP contribution in [0.15, 0.2) is 48.5 Å². The van der Waals surface area contributed by atoms with Crippen molar-refractivity contribution in [3.05, 3.63) is 59.7 Å². The summed E-state index contributed by atoms with van der Waals surface area (Å²) in [5, 5.41) is 0. The highest BCUT2D eigenvalue weighted by Gasteiger charge is 2.05. The standard InChI is InChI=1S/C24H30O6S2/c1-27-23(25)19-7-11-21(12-8-19)29-15-3-5-17-31-32-18-6-4-16-30-22-13-9-20(10-14-22)24(26)28-2/h7-14H,3-6,15-18H2,1-2H3. The van der Waals surface area contributed by atoms with Gasteiger partial charge in [0.25, 0.3) is 0 Å². The average molecular weight is 479 g/mol. The van der Waals surface area contributed by atoms with Crippen LogP contribution in [0.4, 0.5) is 0 Å². The average Bonchev–Trinajstić information content (AvgIpc) is 2.84. The summed E-state index contributed by atoms with van der Waals surface area (Å²) < 4.78 is 20.8. The number of methoxy groups -OCH3 is 2. The molecule has 0 aromatic heterocycles. The molecule has 0 N–H and O–H groups in total. The van der Waals surface area contributed by atoms with Crippen molar-refractivity contribution in [2.75, 3.05) is 38.9 Å². The Labute approximate surface area is 197 Å². The summed E-state index contributed by atoms with van der Waals surface area (Å²) in [6.07, 6.45) is 4.19. The Bertz CT molecular complexity index is 739. The largest absolute Gasteiger partial charge is 0.494 e. The molecule has 0 atom stereocenters. The number of hydrogen-bond acceptors (Lipinski definition) is 8. The summed E-state index contributed by atoms with van der Waals surface area (Å²) in [5.74, 6) is 3.04. The molecule has 174 valence electrons. The number of carbonyl (C=O) groups is 2. The lowest BCUT2D eigenvalue weighted by molar-refractivity contribution is 0.0591. The fourth-order valence-corrected chi connectivity index (χ4v) is 4.93. The summed E-state index contributed by atoms with van der Waals surface area (Å²) in [6.45, 7) is 1.33. The van der Waals surface area contributed by atoms with Crippen molar-refractivity contribution < 1.29 is 28.5 Å². The number of esters is 2. The van der Waals surface area contributed by atoms with E-state index in [-0.39, 0.29) is 11.9 Å². The lowest BCUT2D eigenvalue weighted by atomic mass is 10.2. The van der Waals surface area contributed by atoms with Crippen LogP contribution >= 0.6 is 21.6 Å². The van der Waals surface area contributed by atoms with Gasteiger partial charge in [0.15, 0.2) is 0 Å². The molecule has 0 spiro atoms. The van der Waals surface area contributed by atoms with E-state index >= 15 is 0 Å². The molecule has 0 aliphatic rings. The van der Waals surface area contributed by atoms with Crippen LogP contribution in [0.5, 0.6) is 11.5 Å². The van der Waals surface area contributed by atoms with Gasteiger partial charge in [-0.1, -0.05) is 21.6 Å². The highest BCUT2D eigenvalue weighted by atomic mass is 33.1. The zero-order valence-electron chi connectivity index (χ0n) is 18.5. The van der Waals surface area contributed by atoms with E-state index in [0.717, 1.165) is 48.7 Å². The number of carbonyl (C=O) groups excluding carboxylic acids is 2. The van der Waals surface area contributed by atoms with Crippen molar-refractivity contribution in [2.45, 2.75) is 25.7 Å². The van der Waals surface area contributed by atoms with Gasteiger partial charge in [-0.15, -0.1) is 0 Å². The van der Waals surface area contributed by atoms with E-state index in [2.05, 4.69) is 9.47 Å². The maximum atomic E-state index is 11.4. The van der Waals surface area contributed by atoms with E-state index in [0.29, 0.717) is 24.3 Å². The normalized spacial score (nSPS) is 10.4. The van der Waals surface area contributed by atoms with Gasteiger partial charge in [-0.2, -0.15) is 0 Å². The quantitative estimate of drug-likeness (QED) is 0.184. The Morgan fingerprint density at radius 3 is 1.34 bits per heavy atom. The van der Waals surface area contributed by atoms with Gasteiger partial charge in [-0.25, -0.2) is 9.59 Å². The first kappa shape index (κ1) is 25.9. The van der Waals surface area contributed by atoms with Crippen molar-refractivity contribution in [3.8, 4) is 11.5 Å². The summed E-state index contributed by atoms with van der Waals surface area (Å²) >= 11 is 0. The zero-order valence-corrected chi connectivity index (χ0v) is 20.2. The minimum atomic E-state index is -0.342. The van der Waals surface area contributed by atoms with E-state index in [9.17, 15) is 9.59 Å².